The standard InChI is InChI=1S/C26H24N2O2/c1-3-30-24-16-10-9-15-23(24)28-25(29)17-21-18(2)27-22-14-8-7-13-20(22)26(21)19-11-5-4-6-12-19/h4-16H,3,17H2,1-2H3,(H,28,29). The minimum Gasteiger partial charge on any atom is -0.492 e. The highest BCUT2D eigenvalue weighted by atomic mass is 16.5. The average Bonchev–Trinajstić information content (AvgIpc) is 2.76. The number of carbonyl (C=O) groups is 1. The lowest BCUT2D eigenvalue weighted by molar-refractivity contribution is -0.115. The molecule has 0 unspecified atom stereocenters. The Labute approximate surface area is 176 Å². The Kier molecular flexibility index (Phi) is 5.75. The van der Waals surface area contributed by atoms with Gasteiger partial charge in [0.15, 0.2) is 0 Å². The predicted octanol–water partition coefficient (Wildman–Crippen LogP) is 5.79. The van der Waals surface area contributed by atoms with Crippen LogP contribution in [0.15, 0.2) is 78.9 Å². The van der Waals surface area contributed by atoms with Gasteiger partial charge in [0.2, 0.25) is 5.91 Å². The Balaban J connectivity index is 1.74. The molecule has 4 nitrogen and oxygen atoms in total. The summed E-state index contributed by atoms with van der Waals surface area (Å²) in [4.78, 5) is 17.8. The van der Waals surface area contributed by atoms with Gasteiger partial charge < -0.3 is 10.1 Å². The Morgan fingerprint density at radius 2 is 1.63 bits per heavy atom. The summed E-state index contributed by atoms with van der Waals surface area (Å²) in [6.45, 7) is 4.43. The summed E-state index contributed by atoms with van der Waals surface area (Å²) in [5.41, 5.74) is 5.55. The molecule has 1 heterocycles. The van der Waals surface area contributed by atoms with Gasteiger partial charge in [-0.3, -0.25) is 9.78 Å². The molecule has 30 heavy (non-hydrogen) atoms. The third-order valence-corrected chi connectivity index (χ3v) is 5.06. The number of anilines is 1. The molecule has 0 atom stereocenters. The molecule has 3 aromatic carbocycles. The van der Waals surface area contributed by atoms with Gasteiger partial charge in [-0.2, -0.15) is 0 Å². The molecular formula is C26H24N2O2. The minimum absolute atomic E-state index is 0.0977. The van der Waals surface area contributed by atoms with E-state index in [0.29, 0.717) is 18.0 Å². The van der Waals surface area contributed by atoms with E-state index in [1.807, 2.05) is 74.5 Å². The molecule has 1 amide bonds. The Hall–Kier alpha value is -3.66. The second-order valence-corrected chi connectivity index (χ2v) is 7.09. The summed E-state index contributed by atoms with van der Waals surface area (Å²) in [5, 5.41) is 4.05. The first-order chi connectivity index (χ1) is 14.7. The molecule has 0 aliphatic carbocycles. The van der Waals surface area contributed by atoms with Gasteiger partial charge in [-0.15, -0.1) is 0 Å². The number of aromatic nitrogens is 1. The van der Waals surface area contributed by atoms with Gasteiger partial charge in [-0.25, -0.2) is 0 Å². The van der Waals surface area contributed by atoms with E-state index in [0.717, 1.165) is 33.3 Å². The van der Waals surface area contributed by atoms with Crippen molar-refractivity contribution in [2.45, 2.75) is 20.3 Å². The third kappa shape index (κ3) is 4.03. The number of benzene rings is 3. The predicted molar refractivity (Wildman–Crippen MR) is 122 cm³/mol. The van der Waals surface area contributed by atoms with Crippen molar-refractivity contribution in [2.24, 2.45) is 0 Å². The molecule has 0 radical (unpaired) electrons. The molecule has 0 spiro atoms. The zero-order valence-electron chi connectivity index (χ0n) is 17.2. The second-order valence-electron chi connectivity index (χ2n) is 7.09. The highest BCUT2D eigenvalue weighted by Gasteiger charge is 2.18. The lowest BCUT2D eigenvalue weighted by Crippen LogP contribution is -2.17. The van der Waals surface area contributed by atoms with Crippen LogP contribution in [0.2, 0.25) is 0 Å². The number of fused-ring (bicyclic) bond motifs is 1. The topological polar surface area (TPSA) is 51.2 Å². The van der Waals surface area contributed by atoms with Gasteiger partial charge in [0, 0.05) is 11.1 Å². The number of rotatable bonds is 6. The number of ether oxygens (including phenoxy) is 1. The first-order valence-electron chi connectivity index (χ1n) is 10.1. The van der Waals surface area contributed by atoms with Crippen LogP contribution in [0.25, 0.3) is 22.0 Å². The van der Waals surface area contributed by atoms with Crippen LogP contribution < -0.4 is 10.1 Å². The quantitative estimate of drug-likeness (QED) is 0.449. The lowest BCUT2D eigenvalue weighted by atomic mass is 9.92. The maximum Gasteiger partial charge on any atom is 0.228 e. The fraction of sp³-hybridized carbons (Fsp3) is 0.154. The molecular weight excluding hydrogens is 372 g/mol. The van der Waals surface area contributed by atoms with Crippen molar-refractivity contribution >= 4 is 22.5 Å². The van der Waals surface area contributed by atoms with E-state index in [9.17, 15) is 4.79 Å². The lowest BCUT2D eigenvalue weighted by Gasteiger charge is -2.17. The van der Waals surface area contributed by atoms with Crippen molar-refractivity contribution in [3.8, 4) is 16.9 Å². The molecule has 0 saturated heterocycles. The summed E-state index contributed by atoms with van der Waals surface area (Å²) >= 11 is 0. The highest BCUT2D eigenvalue weighted by molar-refractivity contribution is 6.00. The van der Waals surface area contributed by atoms with Crippen molar-refractivity contribution < 1.29 is 9.53 Å². The van der Waals surface area contributed by atoms with E-state index in [2.05, 4.69) is 23.5 Å². The largest absolute Gasteiger partial charge is 0.492 e. The molecule has 4 rings (SSSR count). The molecule has 0 aliphatic rings. The number of hydrogen-bond acceptors (Lipinski definition) is 3. The summed E-state index contributed by atoms with van der Waals surface area (Å²) < 4.78 is 5.64. The first-order valence-corrected chi connectivity index (χ1v) is 10.1. The summed E-state index contributed by atoms with van der Waals surface area (Å²) in [6.07, 6.45) is 0.231. The molecule has 4 aromatic rings. The van der Waals surface area contributed by atoms with Crippen LogP contribution in [0.4, 0.5) is 5.69 Å². The van der Waals surface area contributed by atoms with Gasteiger partial charge in [-0.05, 0) is 48.7 Å². The molecule has 0 saturated carbocycles. The van der Waals surface area contributed by atoms with E-state index >= 15 is 0 Å². The third-order valence-electron chi connectivity index (χ3n) is 5.06. The van der Waals surface area contributed by atoms with E-state index in [4.69, 9.17) is 9.72 Å². The number of hydrogen-bond donors (Lipinski definition) is 1. The fourth-order valence-corrected chi connectivity index (χ4v) is 3.73. The summed E-state index contributed by atoms with van der Waals surface area (Å²) in [7, 11) is 0. The van der Waals surface area contributed by atoms with Crippen molar-refractivity contribution in [3.63, 3.8) is 0 Å². The summed E-state index contributed by atoms with van der Waals surface area (Å²) in [6, 6.07) is 25.7. The number of aryl methyl sites for hydroxylation is 1. The number of pyridine rings is 1. The van der Waals surface area contributed by atoms with Crippen LogP contribution in [0.1, 0.15) is 18.2 Å². The van der Waals surface area contributed by atoms with E-state index in [1.54, 1.807) is 0 Å². The molecule has 150 valence electrons. The van der Waals surface area contributed by atoms with Gasteiger partial charge in [0.25, 0.3) is 0 Å². The fourth-order valence-electron chi connectivity index (χ4n) is 3.73. The van der Waals surface area contributed by atoms with Gasteiger partial charge >= 0.3 is 0 Å². The average molecular weight is 396 g/mol. The van der Waals surface area contributed by atoms with Crippen LogP contribution in [-0.4, -0.2) is 17.5 Å². The Morgan fingerprint density at radius 1 is 0.933 bits per heavy atom. The van der Waals surface area contributed by atoms with Crippen molar-refractivity contribution in [3.05, 3.63) is 90.1 Å². The first kappa shape index (κ1) is 19.6. The van der Waals surface area contributed by atoms with Crippen molar-refractivity contribution in [2.75, 3.05) is 11.9 Å². The van der Waals surface area contributed by atoms with E-state index in [1.165, 1.54) is 0 Å². The number of carbonyl (C=O) groups excluding carboxylic acids is 1. The molecule has 0 fully saturated rings. The minimum atomic E-state index is -0.0977. The van der Waals surface area contributed by atoms with Crippen molar-refractivity contribution in [1.82, 2.24) is 4.98 Å². The molecule has 1 aromatic heterocycles. The maximum absolute atomic E-state index is 13.0. The van der Waals surface area contributed by atoms with E-state index in [-0.39, 0.29) is 12.3 Å². The van der Waals surface area contributed by atoms with Crippen LogP contribution in [0, 0.1) is 6.92 Å². The monoisotopic (exact) mass is 396 g/mol. The summed E-state index contributed by atoms with van der Waals surface area (Å²) in [5.74, 6) is 0.574. The van der Waals surface area contributed by atoms with Crippen LogP contribution in [0.3, 0.4) is 0 Å². The smallest absolute Gasteiger partial charge is 0.228 e. The van der Waals surface area contributed by atoms with Crippen LogP contribution in [0.5, 0.6) is 5.75 Å². The number of para-hydroxylation sites is 3. The van der Waals surface area contributed by atoms with E-state index < -0.39 is 0 Å². The van der Waals surface area contributed by atoms with Crippen LogP contribution in [-0.2, 0) is 11.2 Å². The van der Waals surface area contributed by atoms with Gasteiger partial charge in [0.05, 0.1) is 24.2 Å². The van der Waals surface area contributed by atoms with Crippen LogP contribution >= 0.6 is 0 Å². The SMILES string of the molecule is CCOc1ccccc1NC(=O)Cc1c(C)nc2ccccc2c1-c1ccccc1. The molecule has 4 heteroatoms. The molecule has 1 N–H and O–H groups in total. The number of amides is 1. The normalized spacial score (nSPS) is 10.7. The second kappa shape index (κ2) is 8.78. The maximum atomic E-state index is 13.0. The highest BCUT2D eigenvalue weighted by Crippen LogP contribution is 2.33. The number of nitrogens with zero attached hydrogens (tertiary/aromatic N) is 1. The Morgan fingerprint density at radius 3 is 2.43 bits per heavy atom. The zero-order valence-corrected chi connectivity index (χ0v) is 17.2. The van der Waals surface area contributed by atoms with Gasteiger partial charge in [-0.1, -0.05) is 60.7 Å². The number of nitrogens with one attached hydrogen (secondary N) is 1. The van der Waals surface area contributed by atoms with Gasteiger partial charge in [0.1, 0.15) is 5.75 Å². The molecule has 0 bridgehead atoms. The van der Waals surface area contributed by atoms with Crippen molar-refractivity contribution in [1.29, 1.82) is 0 Å². The molecule has 0 aliphatic heterocycles. The Bertz CT molecular complexity index is 1190. The zero-order chi connectivity index (χ0) is 20.9.